The molecule has 3 aromatic rings. The molecule has 0 N–H and O–H groups in total. The third-order valence-corrected chi connectivity index (χ3v) is 3.25. The Hall–Kier alpha value is -3.03. The summed E-state index contributed by atoms with van der Waals surface area (Å²) in [7, 11) is 1.43. The highest BCUT2D eigenvalue weighted by atomic mass is 19.1. The lowest BCUT2D eigenvalue weighted by molar-refractivity contribution is 0.284. The minimum atomic E-state index is -0.587. The zero-order valence-electron chi connectivity index (χ0n) is 12.1. The molecule has 0 radical (unpaired) electrons. The van der Waals surface area contributed by atoms with Gasteiger partial charge in [-0.15, -0.1) is 0 Å². The van der Waals surface area contributed by atoms with Crippen molar-refractivity contribution in [3.05, 3.63) is 70.1 Å². The van der Waals surface area contributed by atoms with Gasteiger partial charge in [0.2, 0.25) is 0 Å². The average molecular weight is 318 g/mol. The Bertz CT molecular complexity index is 904. The van der Waals surface area contributed by atoms with Crippen LogP contribution in [0.25, 0.3) is 5.69 Å². The smallest absolute Gasteiger partial charge is 0.368 e. The van der Waals surface area contributed by atoms with Gasteiger partial charge in [0, 0.05) is 7.05 Å². The van der Waals surface area contributed by atoms with E-state index in [-0.39, 0.29) is 23.6 Å². The van der Waals surface area contributed by atoms with E-state index in [0.29, 0.717) is 0 Å². The molecule has 0 bridgehead atoms. The maximum Gasteiger partial charge on any atom is 0.368 e. The van der Waals surface area contributed by atoms with Crippen LogP contribution in [-0.4, -0.2) is 19.8 Å². The molecule has 2 aromatic carbocycles. The highest BCUT2D eigenvalue weighted by Gasteiger charge is 2.15. The van der Waals surface area contributed by atoms with E-state index in [4.69, 9.17) is 4.74 Å². The maximum atomic E-state index is 14.1. The summed E-state index contributed by atoms with van der Waals surface area (Å²) in [6.45, 7) is -0.258. The normalized spacial score (nSPS) is 10.7. The molecule has 23 heavy (non-hydrogen) atoms. The number of hydrogen-bond acceptors (Lipinski definition) is 4. The third-order valence-electron chi connectivity index (χ3n) is 3.25. The number of aryl methyl sites for hydroxylation is 1. The zero-order chi connectivity index (χ0) is 16.4. The molecule has 0 saturated carbocycles. The number of para-hydroxylation sites is 1. The topological polar surface area (TPSA) is 61.9 Å². The fraction of sp³-hybridized carbons (Fsp3) is 0.133. The molecule has 0 aliphatic rings. The monoisotopic (exact) mass is 318 g/mol. The second-order valence-electron chi connectivity index (χ2n) is 4.75. The number of rotatable bonds is 4. The van der Waals surface area contributed by atoms with Crippen molar-refractivity contribution in [2.75, 3.05) is 0 Å². The van der Waals surface area contributed by atoms with Crippen LogP contribution >= 0.6 is 0 Å². The van der Waals surface area contributed by atoms with Gasteiger partial charge < -0.3 is 4.74 Å². The average Bonchev–Trinajstić information content (AvgIpc) is 2.87. The first-order valence-corrected chi connectivity index (χ1v) is 6.72. The number of aromatic nitrogens is 4. The third kappa shape index (κ3) is 2.83. The summed E-state index contributed by atoms with van der Waals surface area (Å²) in [5.74, 6) is -1.15. The van der Waals surface area contributed by atoms with E-state index in [9.17, 15) is 13.6 Å². The van der Waals surface area contributed by atoms with E-state index in [1.54, 1.807) is 6.07 Å². The van der Waals surface area contributed by atoms with Crippen LogP contribution in [0.15, 0.2) is 47.3 Å². The quantitative estimate of drug-likeness (QED) is 0.736. The van der Waals surface area contributed by atoms with Crippen molar-refractivity contribution in [2.45, 2.75) is 6.61 Å². The van der Waals surface area contributed by atoms with Crippen molar-refractivity contribution >= 4 is 0 Å². The Labute approximate surface area is 129 Å². The molecule has 0 fully saturated rings. The number of ether oxygens (including phenoxy) is 1. The van der Waals surface area contributed by atoms with Crippen LogP contribution in [0.5, 0.6) is 5.75 Å². The Kier molecular flexibility index (Phi) is 3.88. The van der Waals surface area contributed by atoms with Gasteiger partial charge in [0.05, 0.1) is 11.3 Å². The van der Waals surface area contributed by atoms with E-state index >= 15 is 0 Å². The summed E-state index contributed by atoms with van der Waals surface area (Å²) in [5, 5.41) is 7.27. The molecule has 0 amide bonds. The molecule has 118 valence electrons. The molecule has 0 unspecified atom stereocenters. The summed E-state index contributed by atoms with van der Waals surface area (Å²) in [6, 6.07) is 9.99. The van der Waals surface area contributed by atoms with Gasteiger partial charge in [0.15, 0.2) is 11.6 Å². The SMILES string of the molecule is Cn1nnn(-c2cccc(F)c2COc2ccccc2F)c1=O. The van der Waals surface area contributed by atoms with E-state index in [1.807, 2.05) is 0 Å². The van der Waals surface area contributed by atoms with E-state index in [1.165, 1.54) is 43.4 Å². The number of nitrogens with zero attached hydrogens (tertiary/aromatic N) is 4. The van der Waals surface area contributed by atoms with Crippen LogP contribution in [0, 0.1) is 11.6 Å². The molecule has 0 saturated heterocycles. The Morgan fingerprint density at radius 2 is 1.78 bits per heavy atom. The lowest BCUT2D eigenvalue weighted by Crippen LogP contribution is -2.23. The molecule has 0 spiro atoms. The van der Waals surface area contributed by atoms with Crippen molar-refractivity contribution in [2.24, 2.45) is 7.05 Å². The van der Waals surface area contributed by atoms with Crippen molar-refractivity contribution in [3.8, 4) is 11.4 Å². The predicted molar refractivity (Wildman–Crippen MR) is 77.3 cm³/mol. The van der Waals surface area contributed by atoms with Crippen molar-refractivity contribution < 1.29 is 13.5 Å². The lowest BCUT2D eigenvalue weighted by Gasteiger charge is -2.11. The first kappa shape index (κ1) is 14.9. The summed E-state index contributed by atoms with van der Waals surface area (Å²) < 4.78 is 35.0. The van der Waals surface area contributed by atoms with Crippen molar-refractivity contribution in [3.63, 3.8) is 0 Å². The van der Waals surface area contributed by atoms with Crippen molar-refractivity contribution in [1.82, 2.24) is 19.8 Å². The summed E-state index contributed by atoms with van der Waals surface area (Å²) in [6.07, 6.45) is 0. The van der Waals surface area contributed by atoms with Crippen LogP contribution in [-0.2, 0) is 13.7 Å². The maximum absolute atomic E-state index is 14.1. The molecule has 6 nitrogen and oxygen atoms in total. The molecule has 0 aliphatic heterocycles. The summed E-state index contributed by atoms with van der Waals surface area (Å²) in [5.41, 5.74) is -0.250. The zero-order valence-corrected chi connectivity index (χ0v) is 12.1. The van der Waals surface area contributed by atoms with E-state index in [0.717, 1.165) is 9.36 Å². The number of hydrogen-bond donors (Lipinski definition) is 0. The predicted octanol–water partition coefficient (Wildman–Crippen LogP) is 1.82. The second kappa shape index (κ2) is 5.99. The molecule has 3 rings (SSSR count). The number of halogens is 2. The lowest BCUT2D eigenvalue weighted by atomic mass is 10.1. The van der Waals surface area contributed by atoms with Crippen LogP contribution < -0.4 is 10.4 Å². The van der Waals surface area contributed by atoms with Crippen molar-refractivity contribution in [1.29, 1.82) is 0 Å². The van der Waals surface area contributed by atoms with Crippen LogP contribution in [0.3, 0.4) is 0 Å². The molecule has 1 aromatic heterocycles. The molecular formula is C15H12F2N4O2. The van der Waals surface area contributed by atoms with Crippen LogP contribution in [0.2, 0.25) is 0 Å². The van der Waals surface area contributed by atoms with Gasteiger partial charge >= 0.3 is 5.69 Å². The highest BCUT2D eigenvalue weighted by molar-refractivity contribution is 5.40. The first-order valence-electron chi connectivity index (χ1n) is 6.72. The van der Waals surface area contributed by atoms with E-state index < -0.39 is 17.3 Å². The van der Waals surface area contributed by atoms with Gasteiger partial charge in [0.25, 0.3) is 0 Å². The largest absolute Gasteiger partial charge is 0.486 e. The van der Waals surface area contributed by atoms with Gasteiger partial charge in [-0.25, -0.2) is 13.6 Å². The molecule has 0 atom stereocenters. The minimum absolute atomic E-state index is 0.00630. The number of benzene rings is 2. The van der Waals surface area contributed by atoms with Gasteiger partial charge in [-0.1, -0.05) is 18.2 Å². The molecular weight excluding hydrogens is 306 g/mol. The Morgan fingerprint density at radius 1 is 1.04 bits per heavy atom. The van der Waals surface area contributed by atoms with Crippen LogP contribution in [0.4, 0.5) is 8.78 Å². The standard InChI is InChI=1S/C15H12F2N4O2/c1-20-15(22)21(19-18-20)13-7-4-6-11(16)10(13)9-23-14-8-3-2-5-12(14)17/h2-8H,9H2,1H3. The molecule has 8 heteroatoms. The van der Waals surface area contributed by atoms with Crippen LogP contribution in [0.1, 0.15) is 5.56 Å². The highest BCUT2D eigenvalue weighted by Crippen LogP contribution is 2.21. The molecule has 0 aliphatic carbocycles. The van der Waals surface area contributed by atoms with Gasteiger partial charge in [-0.3, -0.25) is 0 Å². The minimum Gasteiger partial charge on any atom is -0.486 e. The first-order chi connectivity index (χ1) is 11.1. The second-order valence-corrected chi connectivity index (χ2v) is 4.75. The van der Waals surface area contributed by atoms with Gasteiger partial charge in [0.1, 0.15) is 12.4 Å². The van der Waals surface area contributed by atoms with E-state index in [2.05, 4.69) is 10.4 Å². The summed E-state index contributed by atoms with van der Waals surface area (Å²) >= 11 is 0. The molecule has 1 heterocycles. The Balaban J connectivity index is 1.98. The van der Waals surface area contributed by atoms with Gasteiger partial charge in [-0.2, -0.15) is 9.36 Å². The fourth-order valence-corrected chi connectivity index (χ4v) is 2.07. The fourth-order valence-electron chi connectivity index (χ4n) is 2.07. The summed E-state index contributed by atoms with van der Waals surface area (Å²) in [4.78, 5) is 11.9. The number of tetrazole rings is 1. The Morgan fingerprint density at radius 3 is 2.48 bits per heavy atom. The van der Waals surface area contributed by atoms with Gasteiger partial charge in [-0.05, 0) is 34.7 Å².